The minimum Gasteiger partial charge on any atom is -0.278 e. The maximum absolute atomic E-state index is 11.7. The van der Waals surface area contributed by atoms with Crippen LogP contribution >= 0.6 is 11.6 Å². The second kappa shape index (κ2) is 3.95. The van der Waals surface area contributed by atoms with Crippen LogP contribution in [0.1, 0.15) is 6.42 Å². The van der Waals surface area contributed by atoms with Gasteiger partial charge in [0.15, 0.2) is 11.5 Å². The average molecular weight is 266 g/mol. The Hall–Kier alpha value is -2.15. The molecule has 7 nitrogen and oxygen atoms in total. The van der Waals surface area contributed by atoms with Gasteiger partial charge in [-0.25, -0.2) is 14.3 Å². The van der Waals surface area contributed by atoms with Crippen molar-refractivity contribution in [3.8, 4) is 0 Å². The standard InChI is InChI=1S/C10H8ClN5O2/c11-6-1-3-12-7-5-8(14-16(6)7)15-4-2-9(17)13-10(15)18/h1,3,5H,2,4H2,(H,13,17,18). The molecule has 8 heteroatoms. The zero-order valence-corrected chi connectivity index (χ0v) is 9.89. The van der Waals surface area contributed by atoms with Gasteiger partial charge in [-0.05, 0) is 6.07 Å². The monoisotopic (exact) mass is 265 g/mol. The van der Waals surface area contributed by atoms with E-state index >= 15 is 0 Å². The maximum atomic E-state index is 11.7. The molecule has 0 unspecified atom stereocenters. The van der Waals surface area contributed by atoms with E-state index in [1.54, 1.807) is 18.3 Å². The van der Waals surface area contributed by atoms with E-state index in [2.05, 4.69) is 15.4 Å². The number of nitrogens with zero attached hydrogens (tertiary/aromatic N) is 4. The zero-order valence-electron chi connectivity index (χ0n) is 9.13. The van der Waals surface area contributed by atoms with Gasteiger partial charge in [0, 0.05) is 25.2 Å². The van der Waals surface area contributed by atoms with Gasteiger partial charge >= 0.3 is 6.03 Å². The van der Waals surface area contributed by atoms with Crippen LogP contribution in [0.25, 0.3) is 5.65 Å². The summed E-state index contributed by atoms with van der Waals surface area (Å²) >= 11 is 5.96. The molecule has 1 fully saturated rings. The molecule has 2 aromatic heterocycles. The topological polar surface area (TPSA) is 79.6 Å². The van der Waals surface area contributed by atoms with Crippen molar-refractivity contribution < 1.29 is 9.59 Å². The summed E-state index contributed by atoms with van der Waals surface area (Å²) in [5.74, 6) is 0.136. The van der Waals surface area contributed by atoms with Crippen LogP contribution < -0.4 is 10.2 Å². The fourth-order valence-electron chi connectivity index (χ4n) is 1.77. The van der Waals surface area contributed by atoms with Crippen LogP contribution in [0.2, 0.25) is 5.15 Å². The van der Waals surface area contributed by atoms with Gasteiger partial charge in [0.25, 0.3) is 0 Å². The van der Waals surface area contributed by atoms with Crippen molar-refractivity contribution in [2.45, 2.75) is 6.42 Å². The molecule has 1 aliphatic rings. The van der Waals surface area contributed by atoms with Gasteiger partial charge in [-0.2, -0.15) is 0 Å². The van der Waals surface area contributed by atoms with E-state index in [-0.39, 0.29) is 12.3 Å². The number of fused-ring (bicyclic) bond motifs is 1. The molecular formula is C10H8ClN5O2. The number of anilines is 1. The van der Waals surface area contributed by atoms with Crippen LogP contribution in [0, 0.1) is 0 Å². The second-order valence-corrected chi connectivity index (χ2v) is 4.18. The molecule has 3 amide bonds. The Kier molecular flexibility index (Phi) is 2.41. The molecule has 0 aromatic carbocycles. The van der Waals surface area contributed by atoms with Crippen LogP contribution in [0.4, 0.5) is 10.6 Å². The lowest BCUT2D eigenvalue weighted by molar-refractivity contribution is -0.120. The third-order valence-corrected chi connectivity index (χ3v) is 2.92. The molecule has 1 aliphatic heterocycles. The number of halogens is 1. The highest BCUT2D eigenvalue weighted by Gasteiger charge is 2.26. The number of imide groups is 1. The van der Waals surface area contributed by atoms with E-state index in [1.165, 1.54) is 9.42 Å². The number of carbonyl (C=O) groups excluding carboxylic acids is 2. The van der Waals surface area contributed by atoms with Crippen LogP contribution in [0.3, 0.4) is 0 Å². The summed E-state index contributed by atoms with van der Waals surface area (Å²) in [5.41, 5.74) is 0.544. The molecule has 1 saturated heterocycles. The molecule has 3 heterocycles. The van der Waals surface area contributed by atoms with Gasteiger partial charge in [0.2, 0.25) is 5.91 Å². The molecule has 1 N–H and O–H groups in total. The lowest BCUT2D eigenvalue weighted by Crippen LogP contribution is -2.49. The van der Waals surface area contributed by atoms with Crippen molar-refractivity contribution in [1.29, 1.82) is 0 Å². The Morgan fingerprint density at radius 2 is 2.22 bits per heavy atom. The summed E-state index contributed by atoms with van der Waals surface area (Å²) in [5, 5.41) is 6.82. The number of urea groups is 1. The number of aromatic nitrogens is 3. The summed E-state index contributed by atoms with van der Waals surface area (Å²) in [7, 11) is 0. The Bertz CT molecular complexity index is 653. The molecular weight excluding hydrogens is 258 g/mol. The lowest BCUT2D eigenvalue weighted by atomic mass is 10.3. The Morgan fingerprint density at radius 1 is 1.39 bits per heavy atom. The highest BCUT2D eigenvalue weighted by Crippen LogP contribution is 2.19. The van der Waals surface area contributed by atoms with E-state index in [1.807, 2.05) is 0 Å². The van der Waals surface area contributed by atoms with E-state index in [0.29, 0.717) is 23.2 Å². The van der Waals surface area contributed by atoms with E-state index in [0.717, 1.165) is 0 Å². The van der Waals surface area contributed by atoms with Crippen molar-refractivity contribution in [2.75, 3.05) is 11.4 Å². The number of carbonyl (C=O) groups is 2. The molecule has 3 rings (SSSR count). The molecule has 0 aliphatic carbocycles. The van der Waals surface area contributed by atoms with Gasteiger partial charge in [0.1, 0.15) is 5.15 Å². The van der Waals surface area contributed by atoms with Gasteiger partial charge < -0.3 is 0 Å². The first-order chi connectivity index (χ1) is 8.65. The summed E-state index contributed by atoms with van der Waals surface area (Å²) in [4.78, 5) is 28.2. The van der Waals surface area contributed by atoms with Crippen LogP contribution in [0.15, 0.2) is 18.3 Å². The van der Waals surface area contributed by atoms with Crippen LogP contribution in [-0.4, -0.2) is 33.1 Å². The molecule has 92 valence electrons. The normalized spacial score (nSPS) is 16.2. The van der Waals surface area contributed by atoms with Crippen molar-refractivity contribution in [1.82, 2.24) is 19.9 Å². The fourth-order valence-corrected chi connectivity index (χ4v) is 1.95. The lowest BCUT2D eigenvalue weighted by Gasteiger charge is -2.23. The van der Waals surface area contributed by atoms with E-state index < -0.39 is 6.03 Å². The largest absolute Gasteiger partial charge is 0.329 e. The van der Waals surface area contributed by atoms with Gasteiger partial charge in [-0.3, -0.25) is 15.0 Å². The summed E-state index contributed by atoms with van der Waals surface area (Å²) in [6.45, 7) is 0.298. The van der Waals surface area contributed by atoms with Gasteiger partial charge in [-0.1, -0.05) is 11.6 Å². The molecule has 2 aromatic rings. The predicted molar refractivity (Wildman–Crippen MR) is 63.5 cm³/mol. The Morgan fingerprint density at radius 3 is 2.94 bits per heavy atom. The predicted octanol–water partition coefficient (Wildman–Crippen LogP) is 0.829. The molecule has 18 heavy (non-hydrogen) atoms. The highest BCUT2D eigenvalue weighted by molar-refractivity contribution is 6.29. The first-order valence-corrected chi connectivity index (χ1v) is 5.64. The molecule has 0 atom stereocenters. The first-order valence-electron chi connectivity index (χ1n) is 5.27. The third kappa shape index (κ3) is 1.68. The number of nitrogens with one attached hydrogen (secondary N) is 1. The summed E-state index contributed by atoms with van der Waals surface area (Å²) < 4.78 is 1.43. The number of hydrogen-bond acceptors (Lipinski definition) is 4. The number of rotatable bonds is 1. The first kappa shape index (κ1) is 11.0. The van der Waals surface area contributed by atoms with Crippen LogP contribution in [0.5, 0.6) is 0 Å². The maximum Gasteiger partial charge on any atom is 0.329 e. The summed E-state index contributed by atoms with van der Waals surface area (Å²) in [6, 6.07) is 2.76. The fraction of sp³-hybridized carbons (Fsp3) is 0.200. The van der Waals surface area contributed by atoms with Crippen molar-refractivity contribution in [2.24, 2.45) is 0 Å². The van der Waals surface area contributed by atoms with E-state index in [9.17, 15) is 9.59 Å². The second-order valence-electron chi connectivity index (χ2n) is 3.80. The average Bonchev–Trinajstić information content (AvgIpc) is 2.74. The quantitative estimate of drug-likeness (QED) is 0.775. The van der Waals surface area contributed by atoms with Crippen molar-refractivity contribution in [3.63, 3.8) is 0 Å². The van der Waals surface area contributed by atoms with Crippen LogP contribution in [-0.2, 0) is 4.79 Å². The minimum absolute atomic E-state index is 0.251. The van der Waals surface area contributed by atoms with Gasteiger partial charge in [0.05, 0.1) is 0 Å². The Labute approximate surface area is 106 Å². The SMILES string of the molecule is O=C1CCN(c2cc3nccc(Cl)n3n2)C(=O)N1. The zero-order chi connectivity index (χ0) is 12.7. The third-order valence-electron chi connectivity index (χ3n) is 2.63. The minimum atomic E-state index is -0.481. The van der Waals surface area contributed by atoms with Crippen molar-refractivity contribution in [3.05, 3.63) is 23.5 Å². The molecule has 0 spiro atoms. The Balaban J connectivity index is 2.02. The summed E-state index contributed by atoms with van der Waals surface area (Å²) in [6.07, 6.45) is 1.81. The van der Waals surface area contributed by atoms with Crippen molar-refractivity contribution >= 4 is 35.0 Å². The number of hydrogen-bond donors (Lipinski definition) is 1. The van der Waals surface area contributed by atoms with E-state index in [4.69, 9.17) is 11.6 Å². The van der Waals surface area contributed by atoms with Gasteiger partial charge in [-0.15, -0.1) is 5.10 Å². The smallest absolute Gasteiger partial charge is 0.278 e. The molecule has 0 radical (unpaired) electrons. The molecule has 0 bridgehead atoms. The highest BCUT2D eigenvalue weighted by atomic mass is 35.5. The molecule has 0 saturated carbocycles. The number of amides is 3.